The molecule has 15 rings (SSSR count). The lowest BCUT2D eigenvalue weighted by Crippen LogP contribution is -2.65. The third-order valence-electron chi connectivity index (χ3n) is 22.5. The van der Waals surface area contributed by atoms with Gasteiger partial charge >= 0.3 is 5.97 Å². The van der Waals surface area contributed by atoms with Gasteiger partial charge in [-0.3, -0.25) is 33.6 Å². The molecule has 23 atom stereocenters. The largest absolute Gasteiger partial charge is 0.508 e. The number of ether oxygens (including phenoxy) is 8. The number of aliphatic carboxylic acids is 1. The Hall–Kier alpha value is -10.7. The number of carbonyl (C=O) groups excluding carboxylic acids is 7. The fourth-order valence-electron chi connectivity index (χ4n) is 15.8. The molecule has 7 aromatic rings. The first kappa shape index (κ1) is 93.9. The first-order valence-corrected chi connectivity index (χ1v) is 42.1. The van der Waals surface area contributed by atoms with Gasteiger partial charge in [0.1, 0.15) is 120 Å². The Balaban J connectivity index is 0.946. The molecule has 24 N–H and O–H groups in total. The summed E-state index contributed by atoms with van der Waals surface area (Å²) in [7, 11) is 1.46. The van der Waals surface area contributed by atoms with E-state index in [0.717, 1.165) is 82.0 Å². The van der Waals surface area contributed by atoms with Crippen LogP contribution in [0, 0.1) is 5.92 Å². The number of fused-ring (bicyclic) bond motifs is 15. The molecule has 8 aliphatic rings. The van der Waals surface area contributed by atoms with Gasteiger partial charge in [0.25, 0.3) is 0 Å². The SMILES string of the molecule is CN[C@H](CC(C)C)C(=O)NC1C(=O)N[C@@H](CC(N)=O)C(=O)N[C@H]2C(=O)N[C@H]3C(=O)N[C@H](C(=O)NC(C(=O)O)c4cc(O)cc(O)c4-c4cc3ccc4O)[C@H](O[C@H]3C[C@](C)(N)[C@@H](O)[C@H](C)O3)c3ccc(c(Cl)c3)Oc3cc2cc(c3O[C@@H]2O[C@H](CO)[C@@H](O[C@@H]3O[C@H](CNCC/C=C/c4ccc(-c5ccccc5)s4)[C@H](O)[C@H](O)[C@H]3O)[C@H](O)[C@H]2O)Oc2ccc(cc2Cl)[C@H]1O. The molecule has 680 valence electrons. The molecule has 7 amide bonds. The number of primary amides is 1. The fourth-order valence-corrected chi connectivity index (χ4v) is 17.2. The molecule has 6 aromatic carbocycles. The second-order valence-corrected chi connectivity index (χ2v) is 34.2. The summed E-state index contributed by atoms with van der Waals surface area (Å²) in [5.41, 5.74) is 9.10. The standard InChI is InChI=1S/C86H98Cl2N10O28S/c1-35(2)23-48(91-5)77(111)97-65-67(104)39-15-19-52(46(87)25-39)120-54-27-41-28-55(74(54)125-85-72(109)70(107)75(57(34-99)123-85)126-84-71(108)69(106)68(105)56(122-84)33-92-22-10-9-13-43-17-21-58(127-43)37-11-7-6-8-12-37)121-53-20-16-40(26-47(53)88)73(124-60-32-86(4,90)76(110)36(3)119-60)66-82(116)96-64(83(117)118)45-29-42(100)30-51(102)61(45)44-24-38(14-18-50(44)101)62(79(113)98-66)95-80(114)63(41)94-78(112)49(31-59(89)103)93-81(65)115/h6-9,11-21,24-30,35-36,48-49,56-57,60,62-73,75-76,84-85,91-92,99-102,104-110H,10,22-23,31-34,90H2,1-5H3,(H2,89,103)(H,93,115)(H,94,112)(H,95,114)(H,96,116)(H,97,111)(H,98,113)(H,117,118)/b13-9+/t36-,48+,49-,56+,57+,60-,62+,63+,64?,65?,66-,67+,68-,69-,70+,71+,72+,73+,75+,76-,84-,85-,86-/m0/s1. The van der Waals surface area contributed by atoms with Crippen molar-refractivity contribution in [1.29, 1.82) is 0 Å². The number of hydrogen-bond donors (Lipinski definition) is 22. The summed E-state index contributed by atoms with van der Waals surface area (Å²) in [5.74, 6) is -16.6. The number of thiophene rings is 1. The monoisotopic (exact) mass is 1820 g/mol. The van der Waals surface area contributed by atoms with E-state index in [0.29, 0.717) is 13.0 Å². The van der Waals surface area contributed by atoms with Crippen molar-refractivity contribution in [3.05, 3.63) is 170 Å². The number of nitrogens with two attached hydrogens (primary N) is 2. The minimum Gasteiger partial charge on any atom is -0.508 e. The van der Waals surface area contributed by atoms with Gasteiger partial charge in [0.05, 0.1) is 41.3 Å². The molecular weight excluding hydrogens is 1720 g/mol. The number of carbonyl (C=O) groups is 8. The van der Waals surface area contributed by atoms with Gasteiger partial charge in [0.2, 0.25) is 53.4 Å². The maximum absolute atomic E-state index is 16.4. The topological polar surface area (TPSA) is 601 Å². The van der Waals surface area contributed by atoms with E-state index in [1.807, 2.05) is 68.5 Å². The number of rotatable bonds is 22. The maximum Gasteiger partial charge on any atom is 0.330 e. The van der Waals surface area contributed by atoms with E-state index < -0.39 is 279 Å². The average Bonchev–Trinajstić information content (AvgIpc) is 1.44. The van der Waals surface area contributed by atoms with Crippen molar-refractivity contribution in [1.82, 2.24) is 42.5 Å². The van der Waals surface area contributed by atoms with Crippen LogP contribution in [-0.4, -0.2) is 245 Å². The fraction of sp³-hybridized carbons (Fsp3) is 0.419. The predicted molar refractivity (Wildman–Crippen MR) is 451 cm³/mol. The summed E-state index contributed by atoms with van der Waals surface area (Å²) in [6, 6.07) is 12.9. The number of aliphatic hydroxyl groups excluding tert-OH is 8. The average molecular weight is 1820 g/mol. The van der Waals surface area contributed by atoms with Crippen molar-refractivity contribution < 1.29 is 138 Å². The van der Waals surface area contributed by atoms with E-state index >= 15 is 24.0 Å². The molecule has 0 saturated carbocycles. The van der Waals surface area contributed by atoms with Crippen LogP contribution in [0.25, 0.3) is 27.6 Å². The van der Waals surface area contributed by atoms with Crippen LogP contribution in [0.15, 0.2) is 127 Å². The van der Waals surface area contributed by atoms with E-state index in [1.54, 1.807) is 11.3 Å². The highest BCUT2D eigenvalue weighted by atomic mass is 35.5. The van der Waals surface area contributed by atoms with Crippen molar-refractivity contribution in [3.8, 4) is 67.6 Å². The van der Waals surface area contributed by atoms with Crippen molar-refractivity contribution in [2.75, 3.05) is 26.7 Å². The molecule has 0 spiro atoms. The van der Waals surface area contributed by atoms with Gasteiger partial charge in [0, 0.05) is 51.0 Å². The Bertz CT molecular complexity index is 5280. The molecule has 3 fully saturated rings. The normalized spacial score (nSPS) is 29.6. The van der Waals surface area contributed by atoms with E-state index in [-0.39, 0.29) is 42.0 Å². The molecule has 9 heterocycles. The van der Waals surface area contributed by atoms with Crippen molar-refractivity contribution in [3.63, 3.8) is 0 Å². The molecule has 38 nitrogen and oxygen atoms in total. The molecule has 2 unspecified atom stereocenters. The molecule has 8 aliphatic heterocycles. The van der Waals surface area contributed by atoms with Gasteiger partial charge in [-0.2, -0.15) is 0 Å². The van der Waals surface area contributed by atoms with Crippen LogP contribution in [0.4, 0.5) is 0 Å². The second kappa shape index (κ2) is 39.9. The quantitative estimate of drug-likeness (QED) is 0.0433. The summed E-state index contributed by atoms with van der Waals surface area (Å²) in [5, 5.41) is 159. The van der Waals surface area contributed by atoms with Crippen LogP contribution in [0.5, 0.6) is 46.0 Å². The van der Waals surface area contributed by atoms with Gasteiger partial charge in [-0.15, -0.1) is 11.3 Å². The predicted octanol–water partition coefficient (Wildman–Crippen LogP) is 2.36. The number of hydrogen-bond acceptors (Lipinski definition) is 31. The Morgan fingerprint density at radius 3 is 1.98 bits per heavy atom. The zero-order valence-corrected chi connectivity index (χ0v) is 71.0. The number of carboxylic acids is 1. The Kier molecular flexibility index (Phi) is 29.5. The van der Waals surface area contributed by atoms with E-state index in [2.05, 4.69) is 42.5 Å². The molecule has 1 aromatic heterocycles. The minimum absolute atomic E-state index is 0.125. The number of nitrogens with one attached hydrogen (secondary N) is 8. The molecule has 11 bridgehead atoms. The van der Waals surface area contributed by atoms with Crippen molar-refractivity contribution in [2.45, 2.75) is 193 Å². The lowest BCUT2D eigenvalue weighted by molar-refractivity contribution is -0.350. The van der Waals surface area contributed by atoms with Gasteiger partial charge in [-0.25, -0.2) is 4.79 Å². The minimum atomic E-state index is -2.42. The van der Waals surface area contributed by atoms with Crippen LogP contribution in [0.2, 0.25) is 10.0 Å². The highest BCUT2D eigenvalue weighted by Gasteiger charge is 2.53. The van der Waals surface area contributed by atoms with Crippen LogP contribution >= 0.6 is 34.5 Å². The number of likely N-dealkylation sites (N-methyl/N-ethyl adjacent to an activating group) is 1. The number of phenols is 3. The van der Waals surface area contributed by atoms with Crippen LogP contribution < -0.4 is 68.2 Å². The number of amides is 7. The first-order chi connectivity index (χ1) is 60.4. The van der Waals surface area contributed by atoms with Gasteiger partial charge in [0.15, 0.2) is 30.1 Å². The van der Waals surface area contributed by atoms with Crippen LogP contribution in [0.1, 0.15) is 116 Å². The molecule has 127 heavy (non-hydrogen) atoms. The summed E-state index contributed by atoms with van der Waals surface area (Å²) in [4.78, 5) is 122. The first-order valence-electron chi connectivity index (χ1n) is 40.5. The zero-order chi connectivity index (χ0) is 91.5. The molecule has 41 heteroatoms. The van der Waals surface area contributed by atoms with Crippen LogP contribution in [0.3, 0.4) is 0 Å². The Labute approximate surface area is 739 Å². The molecule has 0 aliphatic carbocycles. The van der Waals surface area contributed by atoms with Crippen molar-refractivity contribution >= 4 is 87.9 Å². The zero-order valence-electron chi connectivity index (χ0n) is 68.6. The third kappa shape index (κ3) is 21.0. The van der Waals surface area contributed by atoms with Crippen LogP contribution in [-0.2, 0) is 62.0 Å². The summed E-state index contributed by atoms with van der Waals surface area (Å²) < 4.78 is 51.3. The van der Waals surface area contributed by atoms with E-state index in [4.69, 9.17) is 72.6 Å². The lowest BCUT2D eigenvalue weighted by atomic mass is 9.86. The number of aromatic hydroxyl groups is 3. The molecule has 3 saturated heterocycles. The number of aliphatic hydroxyl groups is 8. The maximum atomic E-state index is 16.4. The molecule has 0 radical (unpaired) electrons. The lowest BCUT2D eigenvalue weighted by Gasteiger charge is -2.46. The summed E-state index contributed by atoms with van der Waals surface area (Å²) in [6.07, 6.45) is -24.5. The Morgan fingerprint density at radius 2 is 1.32 bits per heavy atom. The van der Waals surface area contributed by atoms with Gasteiger partial charge < -0.3 is 153 Å². The number of halogens is 2. The highest BCUT2D eigenvalue weighted by molar-refractivity contribution is 7.16. The van der Waals surface area contributed by atoms with E-state index in [9.17, 15) is 75.7 Å². The highest BCUT2D eigenvalue weighted by Crippen LogP contribution is 2.51. The van der Waals surface area contributed by atoms with Gasteiger partial charge in [-0.05, 0) is 147 Å². The smallest absolute Gasteiger partial charge is 0.330 e. The summed E-state index contributed by atoms with van der Waals surface area (Å²) >= 11 is 16.1. The number of benzene rings is 6. The second-order valence-electron chi connectivity index (χ2n) is 32.3. The van der Waals surface area contributed by atoms with Crippen molar-refractivity contribution in [2.24, 2.45) is 17.4 Å². The van der Waals surface area contributed by atoms with E-state index in [1.165, 1.54) is 33.0 Å². The third-order valence-corrected chi connectivity index (χ3v) is 24.2. The van der Waals surface area contributed by atoms with Gasteiger partial charge in [-0.1, -0.05) is 91.7 Å². The summed E-state index contributed by atoms with van der Waals surface area (Å²) in [6.45, 7) is 5.66. The number of phenolic OH excluding ortho intramolecular Hbond substituents is 3. The molecular formula is C86H98Cl2N10O28S. The number of carboxylic acid groups (broad SMARTS) is 1. The Morgan fingerprint density at radius 1 is 0.677 bits per heavy atom.